The number of benzene rings is 1. The van der Waals surface area contributed by atoms with E-state index in [9.17, 15) is 13.7 Å². The molecule has 26 heavy (non-hydrogen) atoms. The lowest BCUT2D eigenvalue weighted by Gasteiger charge is -2.33. The van der Waals surface area contributed by atoms with E-state index >= 15 is 0 Å². The van der Waals surface area contributed by atoms with Crippen LogP contribution in [0.5, 0.6) is 0 Å². The van der Waals surface area contributed by atoms with Crippen LogP contribution in [0.25, 0.3) is 0 Å². The molecule has 1 aromatic heterocycles. The van der Waals surface area contributed by atoms with Gasteiger partial charge in [-0.25, -0.2) is 18.1 Å². The van der Waals surface area contributed by atoms with Gasteiger partial charge < -0.3 is 4.90 Å². The van der Waals surface area contributed by atoms with Crippen LogP contribution in [-0.4, -0.2) is 33.0 Å². The fraction of sp³-hybridized carbons (Fsp3) is 0.368. The van der Waals surface area contributed by atoms with E-state index in [1.165, 1.54) is 0 Å². The summed E-state index contributed by atoms with van der Waals surface area (Å²) in [6.07, 6.45) is 3.44. The maximum atomic E-state index is 12.2. The normalized spacial score (nSPS) is 15.6. The summed E-state index contributed by atoms with van der Waals surface area (Å²) in [5.41, 5.74) is 1.36. The highest BCUT2D eigenvalue weighted by atomic mass is 32.2. The van der Waals surface area contributed by atoms with Gasteiger partial charge in [-0.3, -0.25) is 0 Å². The van der Waals surface area contributed by atoms with Crippen LogP contribution in [0, 0.1) is 17.2 Å². The van der Waals surface area contributed by atoms with Crippen LogP contribution < -0.4 is 9.62 Å². The van der Waals surface area contributed by atoms with Gasteiger partial charge in [-0.05, 0) is 36.5 Å². The van der Waals surface area contributed by atoms with Crippen LogP contribution in [0.15, 0.2) is 48.7 Å². The molecule has 0 bridgehead atoms. The van der Waals surface area contributed by atoms with Crippen LogP contribution in [0.3, 0.4) is 0 Å². The van der Waals surface area contributed by atoms with E-state index in [4.69, 9.17) is 0 Å². The third-order valence-corrected chi connectivity index (χ3v) is 5.93. The van der Waals surface area contributed by atoms with Gasteiger partial charge in [-0.1, -0.05) is 30.3 Å². The molecule has 0 atom stereocenters. The van der Waals surface area contributed by atoms with Crippen molar-refractivity contribution in [3.63, 3.8) is 0 Å². The third-order valence-electron chi connectivity index (χ3n) is 4.61. The Kier molecular flexibility index (Phi) is 5.86. The Labute approximate surface area is 154 Å². The average molecular weight is 370 g/mol. The van der Waals surface area contributed by atoms with E-state index in [1.54, 1.807) is 18.3 Å². The molecule has 136 valence electrons. The summed E-state index contributed by atoms with van der Waals surface area (Å²) in [5.74, 6) is 1.02. The summed E-state index contributed by atoms with van der Waals surface area (Å²) in [4.78, 5) is 6.43. The van der Waals surface area contributed by atoms with E-state index in [0.717, 1.165) is 37.3 Å². The number of aromatic nitrogens is 1. The van der Waals surface area contributed by atoms with Gasteiger partial charge in [0.1, 0.15) is 11.9 Å². The first-order valence-electron chi connectivity index (χ1n) is 8.69. The first-order chi connectivity index (χ1) is 12.6. The summed E-state index contributed by atoms with van der Waals surface area (Å²) in [7, 11) is -3.33. The zero-order chi connectivity index (χ0) is 18.4. The monoisotopic (exact) mass is 370 g/mol. The predicted octanol–water partition coefficient (Wildman–Crippen LogP) is 2.29. The van der Waals surface area contributed by atoms with Gasteiger partial charge in [0.05, 0.1) is 11.3 Å². The highest BCUT2D eigenvalue weighted by Crippen LogP contribution is 2.24. The molecule has 7 heteroatoms. The van der Waals surface area contributed by atoms with Crippen LogP contribution >= 0.6 is 0 Å². The molecule has 1 aliphatic rings. The summed E-state index contributed by atoms with van der Waals surface area (Å²) in [6, 6.07) is 14.9. The van der Waals surface area contributed by atoms with Gasteiger partial charge in [-0.15, -0.1) is 0 Å². The standard InChI is InChI=1S/C19H22N4O2S/c20-13-18-7-4-10-21-19(18)23-11-8-16(9-12-23)14-22-26(24,25)15-17-5-2-1-3-6-17/h1-7,10,16,22H,8-9,11-12,14-15H2. The Balaban J connectivity index is 1.51. The van der Waals surface area contributed by atoms with Crippen molar-refractivity contribution in [1.29, 1.82) is 5.26 Å². The number of anilines is 1. The molecule has 1 N–H and O–H groups in total. The molecule has 2 aromatic rings. The van der Waals surface area contributed by atoms with E-state index < -0.39 is 10.0 Å². The highest BCUT2D eigenvalue weighted by molar-refractivity contribution is 7.88. The molecular formula is C19H22N4O2S. The van der Waals surface area contributed by atoms with Gasteiger partial charge in [-0.2, -0.15) is 5.26 Å². The molecule has 0 radical (unpaired) electrons. The molecule has 0 unspecified atom stereocenters. The molecule has 1 fully saturated rings. The number of hydrogen-bond donors (Lipinski definition) is 1. The Morgan fingerprint density at radius 3 is 2.58 bits per heavy atom. The number of rotatable bonds is 6. The SMILES string of the molecule is N#Cc1cccnc1N1CCC(CNS(=O)(=O)Cc2ccccc2)CC1. The number of hydrogen-bond acceptors (Lipinski definition) is 5. The smallest absolute Gasteiger partial charge is 0.215 e. The van der Waals surface area contributed by atoms with Crippen molar-refractivity contribution < 1.29 is 8.42 Å². The van der Waals surface area contributed by atoms with Gasteiger partial charge in [0.25, 0.3) is 0 Å². The molecule has 0 spiro atoms. The second kappa shape index (κ2) is 8.30. The Morgan fingerprint density at radius 1 is 1.15 bits per heavy atom. The fourth-order valence-electron chi connectivity index (χ4n) is 3.17. The predicted molar refractivity (Wildman–Crippen MR) is 101 cm³/mol. The van der Waals surface area contributed by atoms with Gasteiger partial charge >= 0.3 is 0 Å². The summed E-state index contributed by atoms with van der Waals surface area (Å²) >= 11 is 0. The zero-order valence-electron chi connectivity index (χ0n) is 14.5. The molecule has 1 aliphatic heterocycles. The molecule has 6 nitrogen and oxygen atoms in total. The molecule has 2 heterocycles. The van der Waals surface area contributed by atoms with E-state index in [-0.39, 0.29) is 5.75 Å². The van der Waals surface area contributed by atoms with Crippen molar-refractivity contribution >= 4 is 15.8 Å². The van der Waals surface area contributed by atoms with Crippen LogP contribution in [-0.2, 0) is 15.8 Å². The maximum Gasteiger partial charge on any atom is 0.215 e. The van der Waals surface area contributed by atoms with Gasteiger partial charge in [0.15, 0.2) is 0 Å². The minimum atomic E-state index is -3.33. The Morgan fingerprint density at radius 2 is 1.88 bits per heavy atom. The third kappa shape index (κ3) is 4.81. The maximum absolute atomic E-state index is 12.2. The van der Waals surface area contributed by atoms with Crippen molar-refractivity contribution in [3.05, 3.63) is 59.8 Å². The largest absolute Gasteiger partial charge is 0.356 e. The van der Waals surface area contributed by atoms with Crippen molar-refractivity contribution in [2.24, 2.45) is 5.92 Å². The molecule has 1 saturated heterocycles. The lowest BCUT2D eigenvalue weighted by atomic mass is 9.97. The van der Waals surface area contributed by atoms with Crippen LogP contribution in [0.1, 0.15) is 24.0 Å². The van der Waals surface area contributed by atoms with E-state index in [1.807, 2.05) is 30.3 Å². The Bertz CT molecular complexity index is 870. The topological polar surface area (TPSA) is 86.1 Å². The fourth-order valence-corrected chi connectivity index (χ4v) is 4.40. The molecular weight excluding hydrogens is 348 g/mol. The van der Waals surface area contributed by atoms with Crippen molar-refractivity contribution in [2.45, 2.75) is 18.6 Å². The van der Waals surface area contributed by atoms with Gasteiger partial charge in [0.2, 0.25) is 10.0 Å². The Hall–Kier alpha value is -2.43. The van der Waals surface area contributed by atoms with Crippen LogP contribution in [0.4, 0.5) is 5.82 Å². The highest BCUT2D eigenvalue weighted by Gasteiger charge is 2.23. The molecule has 0 saturated carbocycles. The first-order valence-corrected chi connectivity index (χ1v) is 10.3. The van der Waals surface area contributed by atoms with Crippen molar-refractivity contribution in [3.8, 4) is 6.07 Å². The van der Waals surface area contributed by atoms with E-state index in [0.29, 0.717) is 18.0 Å². The second-order valence-corrected chi connectivity index (χ2v) is 8.32. The molecule has 0 aliphatic carbocycles. The number of nitrogens with one attached hydrogen (secondary N) is 1. The average Bonchev–Trinajstić information content (AvgIpc) is 2.67. The minimum absolute atomic E-state index is 0.00610. The quantitative estimate of drug-likeness (QED) is 0.843. The second-order valence-electron chi connectivity index (χ2n) is 6.51. The summed E-state index contributed by atoms with van der Waals surface area (Å²) < 4.78 is 27.2. The lowest BCUT2D eigenvalue weighted by molar-refractivity contribution is 0.400. The van der Waals surface area contributed by atoms with Gasteiger partial charge in [0, 0.05) is 25.8 Å². The molecule has 0 amide bonds. The minimum Gasteiger partial charge on any atom is -0.356 e. The van der Waals surface area contributed by atoms with Crippen molar-refractivity contribution in [2.75, 3.05) is 24.5 Å². The zero-order valence-corrected chi connectivity index (χ0v) is 15.3. The summed E-state index contributed by atoms with van der Waals surface area (Å²) in [6.45, 7) is 2.00. The van der Waals surface area contributed by atoms with Crippen LogP contribution in [0.2, 0.25) is 0 Å². The summed E-state index contributed by atoms with van der Waals surface area (Å²) in [5, 5.41) is 9.20. The number of piperidine rings is 1. The number of nitrogens with zero attached hydrogens (tertiary/aromatic N) is 3. The van der Waals surface area contributed by atoms with Crippen molar-refractivity contribution in [1.82, 2.24) is 9.71 Å². The molecule has 3 rings (SSSR count). The first kappa shape index (κ1) is 18.4. The number of sulfonamides is 1. The lowest BCUT2D eigenvalue weighted by Crippen LogP contribution is -2.39. The molecule has 1 aromatic carbocycles. The number of nitriles is 1. The van der Waals surface area contributed by atoms with E-state index in [2.05, 4.69) is 20.7 Å². The number of pyridine rings is 1.